The second-order valence-electron chi connectivity index (χ2n) is 2.42. The Balaban J connectivity index is 2.39. The maximum atomic E-state index is 9.08. The summed E-state index contributed by atoms with van der Waals surface area (Å²) in [7, 11) is 0. The predicted molar refractivity (Wildman–Crippen MR) is 33.6 cm³/mol. The van der Waals surface area contributed by atoms with Crippen LogP contribution < -0.4 is 0 Å². The Bertz CT molecular complexity index is 96.6. The molecule has 1 N–H and O–H groups in total. The molecule has 1 heteroatoms. The molecule has 1 fully saturated rings. The lowest BCUT2D eigenvalue weighted by Crippen LogP contribution is -2.13. The third-order valence-electron chi connectivity index (χ3n) is 1.70. The fraction of sp³-hybridized carbons (Fsp3) is 0.714. The number of rotatable bonds is 0. The Morgan fingerprint density at radius 2 is 2.25 bits per heavy atom. The van der Waals surface area contributed by atoms with E-state index in [1.807, 2.05) is 0 Å². The van der Waals surface area contributed by atoms with Crippen molar-refractivity contribution >= 4 is 0 Å². The average molecular weight is 112 g/mol. The fourth-order valence-corrected chi connectivity index (χ4v) is 1.06. The summed E-state index contributed by atoms with van der Waals surface area (Å²) in [5.41, 5.74) is 1.02. The zero-order chi connectivity index (χ0) is 5.98. The highest BCUT2D eigenvalue weighted by Crippen LogP contribution is 2.21. The van der Waals surface area contributed by atoms with Crippen molar-refractivity contribution in [3.63, 3.8) is 0 Å². The lowest BCUT2D eigenvalue weighted by atomic mass is 9.94. The van der Waals surface area contributed by atoms with Crippen molar-refractivity contribution in [2.75, 3.05) is 0 Å². The van der Waals surface area contributed by atoms with E-state index in [0.29, 0.717) is 0 Å². The summed E-state index contributed by atoms with van der Waals surface area (Å²) in [6.07, 6.45) is 4.15. The van der Waals surface area contributed by atoms with Gasteiger partial charge in [-0.2, -0.15) is 0 Å². The molecule has 0 unspecified atom stereocenters. The highest BCUT2D eigenvalue weighted by Gasteiger charge is 2.12. The Hall–Kier alpha value is -0.300. The van der Waals surface area contributed by atoms with Crippen molar-refractivity contribution in [2.24, 2.45) is 0 Å². The highest BCUT2D eigenvalue weighted by atomic mass is 16.3. The van der Waals surface area contributed by atoms with E-state index in [0.717, 1.165) is 18.4 Å². The van der Waals surface area contributed by atoms with E-state index in [1.54, 1.807) is 0 Å². The molecule has 46 valence electrons. The van der Waals surface area contributed by atoms with Crippen LogP contribution in [0.3, 0.4) is 0 Å². The van der Waals surface area contributed by atoms with Gasteiger partial charge in [-0.25, -0.2) is 0 Å². The minimum Gasteiger partial charge on any atom is -0.389 e. The summed E-state index contributed by atoms with van der Waals surface area (Å²) < 4.78 is 0. The number of hydrogen-bond acceptors (Lipinski definition) is 1. The molecular formula is C7H12O. The van der Waals surface area contributed by atoms with E-state index >= 15 is 0 Å². The van der Waals surface area contributed by atoms with Gasteiger partial charge in [-0.3, -0.25) is 0 Å². The molecule has 0 amide bonds. The topological polar surface area (TPSA) is 20.2 Å². The van der Waals surface area contributed by atoms with Crippen LogP contribution >= 0.6 is 0 Å². The van der Waals surface area contributed by atoms with Gasteiger partial charge in [-0.1, -0.05) is 13.0 Å². The van der Waals surface area contributed by atoms with Crippen molar-refractivity contribution in [1.29, 1.82) is 0 Å². The summed E-state index contributed by atoms with van der Waals surface area (Å²) >= 11 is 0. The molecule has 1 atom stereocenters. The van der Waals surface area contributed by atoms with Gasteiger partial charge in [0.15, 0.2) is 0 Å². The number of aliphatic hydroxyl groups excluding tert-OH is 1. The van der Waals surface area contributed by atoms with Crippen LogP contribution in [0.4, 0.5) is 0 Å². The molecule has 0 aromatic carbocycles. The van der Waals surface area contributed by atoms with Crippen molar-refractivity contribution in [3.8, 4) is 0 Å². The van der Waals surface area contributed by atoms with Gasteiger partial charge in [0.25, 0.3) is 0 Å². The Labute approximate surface area is 50.0 Å². The van der Waals surface area contributed by atoms with E-state index < -0.39 is 0 Å². The standard InChI is InChI=1S/C7H12O/c1-6-4-2-3-5-7(6)8/h7-8H,1-5H2/t7-/m0/s1. The van der Waals surface area contributed by atoms with Gasteiger partial charge in [0.05, 0.1) is 6.10 Å². The fourth-order valence-electron chi connectivity index (χ4n) is 1.06. The monoisotopic (exact) mass is 112 g/mol. The first-order chi connectivity index (χ1) is 3.80. The van der Waals surface area contributed by atoms with Crippen LogP contribution in [0.2, 0.25) is 0 Å². The van der Waals surface area contributed by atoms with E-state index in [9.17, 15) is 0 Å². The molecule has 1 rings (SSSR count). The van der Waals surface area contributed by atoms with Crippen LogP contribution in [0.25, 0.3) is 0 Å². The van der Waals surface area contributed by atoms with E-state index in [4.69, 9.17) is 5.11 Å². The lowest BCUT2D eigenvalue weighted by Gasteiger charge is -2.18. The van der Waals surface area contributed by atoms with Crippen LogP contribution in [-0.2, 0) is 0 Å². The molecule has 1 aliphatic rings. The number of hydrogen-bond donors (Lipinski definition) is 1. The predicted octanol–water partition coefficient (Wildman–Crippen LogP) is 1.48. The zero-order valence-electron chi connectivity index (χ0n) is 5.06. The summed E-state index contributed by atoms with van der Waals surface area (Å²) in [6.45, 7) is 3.75. The largest absolute Gasteiger partial charge is 0.389 e. The molecular weight excluding hydrogens is 100 g/mol. The van der Waals surface area contributed by atoms with Crippen molar-refractivity contribution < 1.29 is 5.11 Å². The van der Waals surface area contributed by atoms with Gasteiger partial charge < -0.3 is 5.11 Å². The third-order valence-corrected chi connectivity index (χ3v) is 1.70. The van der Waals surface area contributed by atoms with E-state index in [1.165, 1.54) is 12.8 Å². The van der Waals surface area contributed by atoms with Gasteiger partial charge in [0.1, 0.15) is 0 Å². The first-order valence-electron chi connectivity index (χ1n) is 3.16. The summed E-state index contributed by atoms with van der Waals surface area (Å²) in [6, 6.07) is 0. The molecule has 1 saturated carbocycles. The van der Waals surface area contributed by atoms with Gasteiger partial charge in [-0.05, 0) is 24.8 Å². The van der Waals surface area contributed by atoms with E-state index in [2.05, 4.69) is 6.58 Å². The minimum absolute atomic E-state index is 0.191. The quantitative estimate of drug-likeness (QED) is 0.470. The normalized spacial score (nSPS) is 30.6. The minimum atomic E-state index is -0.191. The second-order valence-corrected chi connectivity index (χ2v) is 2.42. The molecule has 0 spiro atoms. The maximum absolute atomic E-state index is 9.08. The molecule has 1 nitrogen and oxygen atoms in total. The smallest absolute Gasteiger partial charge is 0.0747 e. The van der Waals surface area contributed by atoms with Crippen molar-refractivity contribution in [2.45, 2.75) is 31.8 Å². The first-order valence-corrected chi connectivity index (χ1v) is 3.16. The van der Waals surface area contributed by atoms with Crippen LogP contribution in [-0.4, -0.2) is 11.2 Å². The second kappa shape index (κ2) is 2.31. The highest BCUT2D eigenvalue weighted by molar-refractivity contribution is 5.03. The summed E-state index contributed by atoms with van der Waals surface area (Å²) in [5, 5.41) is 9.08. The molecule has 8 heavy (non-hydrogen) atoms. The molecule has 0 bridgehead atoms. The molecule has 0 aliphatic heterocycles. The molecule has 0 aromatic heterocycles. The lowest BCUT2D eigenvalue weighted by molar-refractivity contribution is 0.179. The van der Waals surface area contributed by atoms with Crippen molar-refractivity contribution in [3.05, 3.63) is 12.2 Å². The van der Waals surface area contributed by atoms with Crippen LogP contribution in [0.15, 0.2) is 12.2 Å². The van der Waals surface area contributed by atoms with Crippen molar-refractivity contribution in [1.82, 2.24) is 0 Å². The van der Waals surface area contributed by atoms with E-state index in [-0.39, 0.29) is 6.10 Å². The van der Waals surface area contributed by atoms with Crippen LogP contribution in [0.1, 0.15) is 25.7 Å². The van der Waals surface area contributed by atoms with Gasteiger partial charge in [-0.15, -0.1) is 0 Å². The maximum Gasteiger partial charge on any atom is 0.0747 e. The molecule has 0 saturated heterocycles. The first kappa shape index (κ1) is 5.83. The van der Waals surface area contributed by atoms with Gasteiger partial charge in [0, 0.05) is 0 Å². The molecule has 1 aliphatic carbocycles. The summed E-state index contributed by atoms with van der Waals surface area (Å²) in [4.78, 5) is 0. The van der Waals surface area contributed by atoms with Gasteiger partial charge in [0.2, 0.25) is 0 Å². The zero-order valence-corrected chi connectivity index (χ0v) is 5.06. The Morgan fingerprint density at radius 3 is 2.62 bits per heavy atom. The average Bonchev–Trinajstić information content (AvgIpc) is 1.77. The Morgan fingerprint density at radius 1 is 1.50 bits per heavy atom. The molecule has 0 heterocycles. The summed E-state index contributed by atoms with van der Waals surface area (Å²) in [5.74, 6) is 0. The molecule has 0 radical (unpaired) electrons. The third kappa shape index (κ3) is 1.10. The molecule has 0 aromatic rings. The number of aliphatic hydroxyl groups is 1. The van der Waals surface area contributed by atoms with Crippen LogP contribution in [0, 0.1) is 0 Å². The Kier molecular flexibility index (Phi) is 1.69. The van der Waals surface area contributed by atoms with Crippen LogP contribution in [0.5, 0.6) is 0 Å². The SMILES string of the molecule is C=C1CCCC[C@@H]1O. The van der Waals surface area contributed by atoms with Gasteiger partial charge >= 0.3 is 0 Å².